The van der Waals surface area contributed by atoms with Crippen molar-refractivity contribution in [3.05, 3.63) is 23.2 Å². The summed E-state index contributed by atoms with van der Waals surface area (Å²) in [6.07, 6.45) is 0.650. The molecule has 0 aliphatic rings. The lowest BCUT2D eigenvalue weighted by atomic mass is 10.3. The maximum atomic E-state index is 12.2. The zero-order valence-electron chi connectivity index (χ0n) is 12.4. The molecule has 1 rings (SSSR count). The van der Waals surface area contributed by atoms with E-state index in [4.69, 9.17) is 21.1 Å². The topological polar surface area (TPSA) is 93.7 Å². The molecule has 0 aromatic heterocycles. The van der Waals surface area contributed by atoms with Crippen LogP contribution in [0, 0.1) is 0 Å². The highest BCUT2D eigenvalue weighted by Gasteiger charge is 2.20. The molecule has 0 radical (unpaired) electrons. The first-order valence-corrected chi connectivity index (χ1v) is 8.35. The van der Waals surface area contributed by atoms with Crippen molar-refractivity contribution >= 4 is 27.5 Å². The Balaban J connectivity index is 2.64. The number of sulfonamides is 1. The SMILES string of the molecule is COCCCNC(=O)CNS(=O)(=O)c1cc(Cl)ccc1OC. The van der Waals surface area contributed by atoms with Crippen LogP contribution in [0.2, 0.25) is 5.02 Å². The number of carbonyl (C=O) groups excluding carboxylic acids is 1. The number of hydrogen-bond donors (Lipinski definition) is 2. The Morgan fingerprint density at radius 1 is 1.32 bits per heavy atom. The average Bonchev–Trinajstić information content (AvgIpc) is 2.49. The van der Waals surface area contributed by atoms with Crippen molar-refractivity contribution in [2.45, 2.75) is 11.3 Å². The summed E-state index contributed by atoms with van der Waals surface area (Å²) >= 11 is 5.80. The van der Waals surface area contributed by atoms with Crippen LogP contribution < -0.4 is 14.8 Å². The zero-order chi connectivity index (χ0) is 16.6. The van der Waals surface area contributed by atoms with Gasteiger partial charge in [-0.15, -0.1) is 0 Å². The van der Waals surface area contributed by atoms with Crippen LogP contribution >= 0.6 is 11.6 Å². The number of hydrogen-bond acceptors (Lipinski definition) is 5. The first-order chi connectivity index (χ1) is 10.4. The third kappa shape index (κ3) is 5.80. The van der Waals surface area contributed by atoms with Gasteiger partial charge in [-0.25, -0.2) is 13.1 Å². The lowest BCUT2D eigenvalue weighted by molar-refractivity contribution is -0.120. The number of rotatable bonds is 9. The van der Waals surface area contributed by atoms with Crippen LogP contribution in [0.5, 0.6) is 5.75 Å². The van der Waals surface area contributed by atoms with Crippen molar-refractivity contribution < 1.29 is 22.7 Å². The zero-order valence-corrected chi connectivity index (χ0v) is 14.0. The molecular formula is C13H19ClN2O5S. The summed E-state index contributed by atoms with van der Waals surface area (Å²) in [4.78, 5) is 11.5. The second-order valence-electron chi connectivity index (χ2n) is 4.32. The summed E-state index contributed by atoms with van der Waals surface area (Å²) in [5, 5.41) is 2.83. The second-order valence-corrected chi connectivity index (χ2v) is 6.49. The van der Waals surface area contributed by atoms with Crippen LogP contribution in [0.15, 0.2) is 23.1 Å². The predicted molar refractivity (Wildman–Crippen MR) is 82.7 cm³/mol. The van der Waals surface area contributed by atoms with E-state index in [9.17, 15) is 13.2 Å². The Bertz CT molecular complexity index is 606. The molecule has 1 amide bonds. The minimum Gasteiger partial charge on any atom is -0.495 e. The van der Waals surface area contributed by atoms with E-state index in [0.29, 0.717) is 19.6 Å². The number of amides is 1. The molecule has 0 bridgehead atoms. The molecule has 0 spiro atoms. The van der Waals surface area contributed by atoms with Crippen LogP contribution in [0.1, 0.15) is 6.42 Å². The molecule has 0 heterocycles. The van der Waals surface area contributed by atoms with Crippen LogP contribution in [0.3, 0.4) is 0 Å². The van der Waals surface area contributed by atoms with Crippen LogP contribution in [-0.2, 0) is 19.6 Å². The fourth-order valence-corrected chi connectivity index (χ4v) is 3.02. The van der Waals surface area contributed by atoms with E-state index in [0.717, 1.165) is 0 Å². The molecular weight excluding hydrogens is 332 g/mol. The van der Waals surface area contributed by atoms with E-state index in [1.54, 1.807) is 7.11 Å². The summed E-state index contributed by atoms with van der Waals surface area (Å²) in [7, 11) is -0.985. The van der Waals surface area contributed by atoms with Crippen molar-refractivity contribution in [2.75, 3.05) is 33.9 Å². The quantitative estimate of drug-likeness (QED) is 0.642. The van der Waals surface area contributed by atoms with E-state index in [2.05, 4.69) is 10.0 Å². The molecule has 1 aromatic carbocycles. The van der Waals surface area contributed by atoms with Crippen molar-refractivity contribution in [1.29, 1.82) is 0 Å². The predicted octanol–water partition coefficient (Wildman–Crippen LogP) is 0.780. The third-order valence-corrected chi connectivity index (χ3v) is 4.34. The van der Waals surface area contributed by atoms with Gasteiger partial charge in [-0.2, -0.15) is 0 Å². The molecule has 0 fully saturated rings. The Morgan fingerprint density at radius 3 is 2.68 bits per heavy atom. The standard InChI is InChI=1S/C13H19ClN2O5S/c1-20-7-3-6-15-13(17)9-16-22(18,19)12-8-10(14)4-5-11(12)21-2/h4-5,8,16H,3,6-7,9H2,1-2H3,(H,15,17). The highest BCUT2D eigenvalue weighted by molar-refractivity contribution is 7.89. The second kappa shape index (κ2) is 8.94. The lowest BCUT2D eigenvalue weighted by Gasteiger charge is -2.11. The van der Waals surface area contributed by atoms with Crippen molar-refractivity contribution in [1.82, 2.24) is 10.0 Å². The molecule has 0 aliphatic carbocycles. The fraction of sp³-hybridized carbons (Fsp3) is 0.462. The number of halogens is 1. The highest BCUT2D eigenvalue weighted by atomic mass is 35.5. The van der Waals surface area contributed by atoms with Crippen molar-refractivity contribution in [3.8, 4) is 5.75 Å². The maximum Gasteiger partial charge on any atom is 0.244 e. The van der Waals surface area contributed by atoms with Crippen molar-refractivity contribution in [3.63, 3.8) is 0 Å². The van der Waals surface area contributed by atoms with Crippen LogP contribution in [0.4, 0.5) is 0 Å². The number of nitrogens with one attached hydrogen (secondary N) is 2. The van der Waals surface area contributed by atoms with Crippen LogP contribution in [-0.4, -0.2) is 48.2 Å². The van der Waals surface area contributed by atoms with Gasteiger partial charge < -0.3 is 14.8 Å². The number of benzene rings is 1. The summed E-state index contributed by atoms with van der Waals surface area (Å²) in [5.41, 5.74) is 0. The van der Waals surface area contributed by atoms with Crippen LogP contribution in [0.25, 0.3) is 0 Å². The summed E-state index contributed by atoms with van der Waals surface area (Å²) in [5.74, 6) is -0.280. The van der Waals surface area contributed by atoms with Crippen molar-refractivity contribution in [2.24, 2.45) is 0 Å². The summed E-state index contributed by atoms with van der Waals surface area (Å²) in [6.45, 7) is 0.561. The molecule has 0 unspecified atom stereocenters. The Labute approximate surface area is 135 Å². The molecule has 22 heavy (non-hydrogen) atoms. The summed E-state index contributed by atoms with van der Waals surface area (Å²) < 4.78 is 36.4. The first-order valence-electron chi connectivity index (χ1n) is 6.49. The molecule has 0 atom stereocenters. The van der Waals surface area contributed by atoms with Gasteiger partial charge in [-0.3, -0.25) is 4.79 Å². The van der Waals surface area contributed by atoms with Gasteiger partial charge in [-0.1, -0.05) is 11.6 Å². The normalized spacial score (nSPS) is 11.2. The first kappa shape index (κ1) is 18.7. The number of ether oxygens (including phenoxy) is 2. The van der Waals surface area contributed by atoms with Gasteiger partial charge in [0.15, 0.2) is 0 Å². The Hall–Kier alpha value is -1.35. The molecule has 7 nitrogen and oxygen atoms in total. The van der Waals surface area contributed by atoms with Gasteiger partial charge in [-0.05, 0) is 24.6 Å². The Morgan fingerprint density at radius 2 is 2.05 bits per heavy atom. The van der Waals surface area contributed by atoms with Gasteiger partial charge in [0.05, 0.1) is 13.7 Å². The largest absolute Gasteiger partial charge is 0.495 e. The highest BCUT2D eigenvalue weighted by Crippen LogP contribution is 2.26. The fourth-order valence-electron chi connectivity index (χ4n) is 1.61. The minimum absolute atomic E-state index is 0.116. The summed E-state index contributed by atoms with van der Waals surface area (Å²) in [6, 6.07) is 4.23. The molecule has 0 saturated carbocycles. The van der Waals surface area contributed by atoms with Gasteiger partial charge in [0.1, 0.15) is 10.6 Å². The number of methoxy groups -OCH3 is 2. The molecule has 9 heteroatoms. The Kier molecular flexibility index (Phi) is 7.60. The molecule has 2 N–H and O–H groups in total. The monoisotopic (exact) mass is 350 g/mol. The van der Waals surface area contributed by atoms with E-state index in [1.165, 1.54) is 25.3 Å². The lowest BCUT2D eigenvalue weighted by Crippen LogP contribution is -2.37. The van der Waals surface area contributed by atoms with E-state index < -0.39 is 15.9 Å². The number of carbonyl (C=O) groups is 1. The molecule has 0 saturated heterocycles. The van der Waals surface area contributed by atoms with Gasteiger partial charge >= 0.3 is 0 Å². The average molecular weight is 351 g/mol. The minimum atomic E-state index is -3.90. The smallest absolute Gasteiger partial charge is 0.244 e. The van der Waals surface area contributed by atoms with E-state index >= 15 is 0 Å². The van der Waals surface area contributed by atoms with Gasteiger partial charge in [0, 0.05) is 25.3 Å². The van der Waals surface area contributed by atoms with E-state index in [-0.39, 0.29) is 22.2 Å². The van der Waals surface area contributed by atoms with Gasteiger partial charge in [0.2, 0.25) is 15.9 Å². The van der Waals surface area contributed by atoms with Gasteiger partial charge in [0.25, 0.3) is 0 Å². The molecule has 124 valence electrons. The molecule has 1 aromatic rings. The third-order valence-electron chi connectivity index (χ3n) is 2.69. The van der Waals surface area contributed by atoms with E-state index in [1.807, 2.05) is 0 Å². The maximum absolute atomic E-state index is 12.2. The molecule has 0 aliphatic heterocycles.